The fourth-order valence-corrected chi connectivity index (χ4v) is 2.74. The van der Waals surface area contributed by atoms with Crippen LogP contribution < -0.4 is 5.32 Å². The number of amides is 1. The second-order valence-corrected chi connectivity index (χ2v) is 6.25. The third-order valence-corrected chi connectivity index (χ3v) is 4.40. The van der Waals surface area contributed by atoms with Gasteiger partial charge in [-0.1, -0.05) is 56.3 Å². The summed E-state index contributed by atoms with van der Waals surface area (Å²) in [6.45, 7) is 11.6. The lowest BCUT2D eigenvalue weighted by Gasteiger charge is -2.18. The first-order valence-corrected chi connectivity index (χ1v) is 8.83. The first kappa shape index (κ1) is 19.0. The van der Waals surface area contributed by atoms with E-state index in [2.05, 4.69) is 36.2 Å². The van der Waals surface area contributed by atoms with Crippen molar-refractivity contribution in [3.8, 4) is 0 Å². The van der Waals surface area contributed by atoms with Gasteiger partial charge < -0.3 is 4.74 Å². The van der Waals surface area contributed by atoms with Crippen LogP contribution in [0.3, 0.4) is 0 Å². The standard InChI is InChI=1S/C21H28N2O2/c1-5-23(6-2)14-18-10-12-19(13-11-18)15-25-21(24)22-20-16(3)8-7-9-17(20)4/h7-13H,5-6,14-15H2,1-4H3,(H,22,24). The number of hydrogen-bond donors (Lipinski definition) is 1. The Balaban J connectivity index is 1.87. The van der Waals surface area contributed by atoms with Gasteiger partial charge in [-0.3, -0.25) is 10.2 Å². The van der Waals surface area contributed by atoms with Crippen LogP contribution in [-0.4, -0.2) is 24.1 Å². The van der Waals surface area contributed by atoms with Crippen molar-refractivity contribution in [1.82, 2.24) is 4.90 Å². The molecule has 0 unspecified atom stereocenters. The van der Waals surface area contributed by atoms with Crippen LogP contribution in [0.2, 0.25) is 0 Å². The largest absolute Gasteiger partial charge is 0.444 e. The van der Waals surface area contributed by atoms with Crippen molar-refractivity contribution in [2.45, 2.75) is 40.8 Å². The number of ether oxygens (including phenoxy) is 1. The van der Waals surface area contributed by atoms with E-state index in [0.717, 1.165) is 42.0 Å². The van der Waals surface area contributed by atoms with E-state index in [1.54, 1.807) is 0 Å². The SMILES string of the molecule is CCN(CC)Cc1ccc(COC(=O)Nc2c(C)cccc2C)cc1. The number of aryl methyl sites for hydroxylation is 2. The monoisotopic (exact) mass is 340 g/mol. The summed E-state index contributed by atoms with van der Waals surface area (Å²) in [5, 5.41) is 2.83. The molecular formula is C21H28N2O2. The Labute approximate surface area is 150 Å². The molecule has 0 bridgehead atoms. The van der Waals surface area contributed by atoms with Crippen molar-refractivity contribution < 1.29 is 9.53 Å². The fraction of sp³-hybridized carbons (Fsp3) is 0.381. The zero-order valence-electron chi connectivity index (χ0n) is 15.6. The van der Waals surface area contributed by atoms with Gasteiger partial charge in [0.15, 0.2) is 0 Å². The molecule has 2 aromatic carbocycles. The first-order chi connectivity index (χ1) is 12.0. The van der Waals surface area contributed by atoms with Crippen LogP contribution in [0.4, 0.5) is 10.5 Å². The number of rotatable bonds is 7. The van der Waals surface area contributed by atoms with Crippen LogP contribution in [0.25, 0.3) is 0 Å². The van der Waals surface area contributed by atoms with Crippen molar-refractivity contribution in [3.05, 3.63) is 64.7 Å². The quantitative estimate of drug-likeness (QED) is 0.780. The molecule has 1 N–H and O–H groups in total. The summed E-state index contributed by atoms with van der Waals surface area (Å²) in [6.07, 6.45) is -0.426. The van der Waals surface area contributed by atoms with Gasteiger partial charge in [-0.25, -0.2) is 4.79 Å². The Bertz CT molecular complexity index is 671. The van der Waals surface area contributed by atoms with E-state index < -0.39 is 6.09 Å². The van der Waals surface area contributed by atoms with Gasteiger partial charge in [0.05, 0.1) is 0 Å². The number of hydrogen-bond acceptors (Lipinski definition) is 3. The highest BCUT2D eigenvalue weighted by molar-refractivity contribution is 5.86. The van der Waals surface area contributed by atoms with Gasteiger partial charge in [0.25, 0.3) is 0 Å². The van der Waals surface area contributed by atoms with Crippen molar-refractivity contribution in [1.29, 1.82) is 0 Å². The van der Waals surface area contributed by atoms with Gasteiger partial charge >= 0.3 is 6.09 Å². The number of carbonyl (C=O) groups excluding carboxylic acids is 1. The zero-order chi connectivity index (χ0) is 18.2. The summed E-state index contributed by atoms with van der Waals surface area (Å²) < 4.78 is 5.34. The molecule has 0 heterocycles. The molecule has 0 spiro atoms. The van der Waals surface area contributed by atoms with Gasteiger partial charge in [-0.15, -0.1) is 0 Å². The lowest BCUT2D eigenvalue weighted by atomic mass is 10.1. The molecule has 0 saturated carbocycles. The highest BCUT2D eigenvalue weighted by Gasteiger charge is 2.08. The lowest BCUT2D eigenvalue weighted by Crippen LogP contribution is -2.22. The number of carbonyl (C=O) groups is 1. The van der Waals surface area contributed by atoms with Crippen molar-refractivity contribution >= 4 is 11.8 Å². The van der Waals surface area contributed by atoms with E-state index in [9.17, 15) is 4.79 Å². The van der Waals surface area contributed by atoms with E-state index in [4.69, 9.17) is 4.74 Å². The Morgan fingerprint density at radius 1 is 0.960 bits per heavy atom. The summed E-state index contributed by atoms with van der Waals surface area (Å²) in [4.78, 5) is 14.4. The maximum absolute atomic E-state index is 12.0. The minimum atomic E-state index is -0.426. The van der Waals surface area contributed by atoms with Crippen LogP contribution in [0.5, 0.6) is 0 Å². The highest BCUT2D eigenvalue weighted by Crippen LogP contribution is 2.19. The normalized spacial score (nSPS) is 10.8. The number of nitrogens with zero attached hydrogens (tertiary/aromatic N) is 1. The molecule has 1 amide bonds. The Hall–Kier alpha value is -2.33. The summed E-state index contributed by atoms with van der Waals surface area (Å²) in [5.74, 6) is 0. The van der Waals surface area contributed by atoms with Gasteiger partial charge in [0.2, 0.25) is 0 Å². The van der Waals surface area contributed by atoms with Crippen LogP contribution >= 0.6 is 0 Å². The molecule has 4 heteroatoms. The number of anilines is 1. The van der Waals surface area contributed by atoms with Crippen LogP contribution in [0.1, 0.15) is 36.1 Å². The van der Waals surface area contributed by atoms with E-state index in [0.29, 0.717) is 0 Å². The minimum Gasteiger partial charge on any atom is -0.444 e. The van der Waals surface area contributed by atoms with Crippen molar-refractivity contribution in [2.75, 3.05) is 18.4 Å². The van der Waals surface area contributed by atoms with E-state index >= 15 is 0 Å². The van der Waals surface area contributed by atoms with E-state index in [1.165, 1.54) is 5.56 Å². The molecule has 0 atom stereocenters. The molecule has 0 aliphatic heterocycles. The predicted molar refractivity (Wildman–Crippen MR) is 103 cm³/mol. The Morgan fingerprint density at radius 3 is 2.08 bits per heavy atom. The average molecular weight is 340 g/mol. The molecular weight excluding hydrogens is 312 g/mol. The van der Waals surface area contributed by atoms with E-state index in [-0.39, 0.29) is 6.61 Å². The molecule has 25 heavy (non-hydrogen) atoms. The number of para-hydroxylation sites is 1. The molecule has 2 aromatic rings. The van der Waals surface area contributed by atoms with Gasteiger partial charge in [-0.05, 0) is 49.2 Å². The van der Waals surface area contributed by atoms with Crippen molar-refractivity contribution in [2.24, 2.45) is 0 Å². The first-order valence-electron chi connectivity index (χ1n) is 8.83. The fourth-order valence-electron chi connectivity index (χ4n) is 2.74. The summed E-state index contributed by atoms with van der Waals surface area (Å²) in [7, 11) is 0. The third-order valence-electron chi connectivity index (χ3n) is 4.40. The molecule has 0 aromatic heterocycles. The van der Waals surface area contributed by atoms with Gasteiger partial charge in [-0.2, -0.15) is 0 Å². The summed E-state index contributed by atoms with van der Waals surface area (Å²) in [6, 6.07) is 14.1. The highest BCUT2D eigenvalue weighted by atomic mass is 16.5. The topological polar surface area (TPSA) is 41.6 Å². The maximum atomic E-state index is 12.0. The Morgan fingerprint density at radius 2 is 1.52 bits per heavy atom. The van der Waals surface area contributed by atoms with Crippen molar-refractivity contribution in [3.63, 3.8) is 0 Å². The smallest absolute Gasteiger partial charge is 0.411 e. The molecule has 0 radical (unpaired) electrons. The minimum absolute atomic E-state index is 0.266. The Kier molecular flexibility index (Phi) is 7.02. The number of benzene rings is 2. The maximum Gasteiger partial charge on any atom is 0.411 e. The number of nitrogens with one attached hydrogen (secondary N) is 1. The van der Waals surface area contributed by atoms with E-state index in [1.807, 2.05) is 44.2 Å². The molecule has 0 saturated heterocycles. The summed E-state index contributed by atoms with van der Waals surface area (Å²) >= 11 is 0. The van der Waals surface area contributed by atoms with Gasteiger partial charge in [0, 0.05) is 12.2 Å². The molecule has 4 nitrogen and oxygen atoms in total. The van der Waals surface area contributed by atoms with Gasteiger partial charge in [0.1, 0.15) is 6.61 Å². The molecule has 134 valence electrons. The summed E-state index contributed by atoms with van der Waals surface area (Å²) in [5.41, 5.74) is 5.13. The van der Waals surface area contributed by atoms with Crippen LogP contribution in [0.15, 0.2) is 42.5 Å². The molecule has 2 rings (SSSR count). The van der Waals surface area contributed by atoms with Crippen LogP contribution in [-0.2, 0) is 17.9 Å². The average Bonchev–Trinajstić information content (AvgIpc) is 2.62. The zero-order valence-corrected chi connectivity index (χ0v) is 15.6. The second kappa shape index (κ2) is 9.23. The second-order valence-electron chi connectivity index (χ2n) is 6.25. The lowest BCUT2D eigenvalue weighted by molar-refractivity contribution is 0.155. The molecule has 0 fully saturated rings. The third kappa shape index (κ3) is 5.61. The molecule has 0 aliphatic rings. The van der Waals surface area contributed by atoms with Crippen LogP contribution in [0, 0.1) is 13.8 Å². The predicted octanol–water partition coefficient (Wildman–Crippen LogP) is 4.89. The molecule has 0 aliphatic carbocycles.